The lowest BCUT2D eigenvalue weighted by Gasteiger charge is -2.28. The average Bonchev–Trinajstić information content (AvgIpc) is 2.61. The highest BCUT2D eigenvalue weighted by molar-refractivity contribution is 5.98. The fraction of sp³-hybridized carbons (Fsp3) is 0.421. The zero-order valence-corrected chi connectivity index (χ0v) is 14.7. The van der Waals surface area contributed by atoms with E-state index < -0.39 is 0 Å². The van der Waals surface area contributed by atoms with Crippen LogP contribution in [0.5, 0.6) is 0 Å². The number of aryl methyl sites for hydroxylation is 1. The Morgan fingerprint density at radius 1 is 1.36 bits per heavy atom. The van der Waals surface area contributed by atoms with Crippen molar-refractivity contribution in [3.63, 3.8) is 0 Å². The molecule has 1 aromatic heterocycles. The zero-order chi connectivity index (χ0) is 18.0. The van der Waals surface area contributed by atoms with Crippen LogP contribution in [0.15, 0.2) is 24.3 Å². The molecule has 2 heterocycles. The van der Waals surface area contributed by atoms with E-state index in [1.807, 2.05) is 31.2 Å². The molecule has 1 saturated heterocycles. The van der Waals surface area contributed by atoms with Crippen molar-refractivity contribution in [3.8, 4) is 0 Å². The average molecular weight is 342 g/mol. The summed E-state index contributed by atoms with van der Waals surface area (Å²) in [5.41, 5.74) is 8.49. The Kier molecular flexibility index (Phi) is 4.99. The van der Waals surface area contributed by atoms with E-state index in [-0.39, 0.29) is 17.8 Å². The molecule has 6 heteroatoms. The number of para-hydroxylation sites is 1. The van der Waals surface area contributed by atoms with Crippen LogP contribution in [0.3, 0.4) is 0 Å². The second-order valence-corrected chi connectivity index (χ2v) is 6.69. The highest BCUT2D eigenvalue weighted by Gasteiger charge is 2.29. The minimum atomic E-state index is -0.367. The van der Waals surface area contributed by atoms with Gasteiger partial charge < -0.3 is 15.4 Å². The van der Waals surface area contributed by atoms with E-state index in [4.69, 9.17) is 15.5 Å². The van der Waals surface area contributed by atoms with Crippen molar-refractivity contribution < 1.29 is 19.2 Å². The number of rotatable bonds is 4. The lowest BCUT2D eigenvalue weighted by Crippen LogP contribution is -3.12. The smallest absolute Gasteiger partial charge is 0.340 e. The fourth-order valence-electron chi connectivity index (χ4n) is 3.73. The third kappa shape index (κ3) is 3.49. The van der Waals surface area contributed by atoms with Crippen LogP contribution in [-0.2, 0) is 16.1 Å². The van der Waals surface area contributed by atoms with Crippen LogP contribution in [0.2, 0.25) is 0 Å². The lowest BCUT2D eigenvalue weighted by molar-refractivity contribution is -0.921. The van der Waals surface area contributed by atoms with Crippen molar-refractivity contribution in [1.82, 2.24) is 4.98 Å². The number of esters is 1. The monoisotopic (exact) mass is 342 g/mol. The van der Waals surface area contributed by atoms with Gasteiger partial charge in [0.2, 0.25) is 5.91 Å². The maximum absolute atomic E-state index is 12.4. The van der Waals surface area contributed by atoms with Crippen molar-refractivity contribution in [2.24, 2.45) is 11.7 Å². The minimum absolute atomic E-state index is 0.105. The topological polar surface area (TPSA) is 86.7 Å². The van der Waals surface area contributed by atoms with E-state index in [1.54, 1.807) is 0 Å². The summed E-state index contributed by atoms with van der Waals surface area (Å²) in [5.74, 6) is -0.714. The zero-order valence-electron chi connectivity index (χ0n) is 14.7. The lowest BCUT2D eigenvalue weighted by atomic mass is 9.96. The molecule has 2 atom stereocenters. The second kappa shape index (κ2) is 7.19. The number of methoxy groups -OCH3 is 1. The standard InChI is InChI=1S/C19H23N3O3/c1-12-14-7-3-4-8-15(14)21-16(17(12)19(24)25-2)11-22-9-5-6-13(10-22)18(20)23/h3-4,7-8,13H,5-6,9-11H2,1-2H3,(H2,20,23)/p+1/t13-/m0/s1. The molecule has 1 amide bonds. The molecule has 0 bridgehead atoms. The molecule has 0 aliphatic carbocycles. The quantitative estimate of drug-likeness (QED) is 0.797. The summed E-state index contributed by atoms with van der Waals surface area (Å²) in [7, 11) is 1.39. The van der Waals surface area contributed by atoms with Gasteiger partial charge in [-0.15, -0.1) is 0 Å². The molecule has 132 valence electrons. The summed E-state index contributed by atoms with van der Waals surface area (Å²) in [6.07, 6.45) is 1.79. The molecule has 1 aromatic carbocycles. The molecule has 3 rings (SSSR count). The number of ether oxygens (including phenoxy) is 1. The molecule has 0 saturated carbocycles. The molecule has 25 heavy (non-hydrogen) atoms. The highest BCUT2D eigenvalue weighted by Crippen LogP contribution is 2.23. The van der Waals surface area contributed by atoms with Crippen LogP contribution in [0.25, 0.3) is 10.9 Å². The molecule has 2 aromatic rings. The number of primary amides is 1. The van der Waals surface area contributed by atoms with Gasteiger partial charge in [0.05, 0.1) is 37.2 Å². The van der Waals surface area contributed by atoms with Gasteiger partial charge in [-0.05, 0) is 31.4 Å². The van der Waals surface area contributed by atoms with Gasteiger partial charge >= 0.3 is 5.97 Å². The number of likely N-dealkylation sites (tertiary alicyclic amines) is 1. The van der Waals surface area contributed by atoms with Gasteiger partial charge in [-0.1, -0.05) is 18.2 Å². The van der Waals surface area contributed by atoms with Crippen LogP contribution >= 0.6 is 0 Å². The Hall–Kier alpha value is -2.47. The van der Waals surface area contributed by atoms with Gasteiger partial charge in [-0.25, -0.2) is 9.78 Å². The van der Waals surface area contributed by atoms with E-state index in [0.717, 1.165) is 41.5 Å². The van der Waals surface area contributed by atoms with Crippen molar-refractivity contribution >= 4 is 22.8 Å². The predicted octanol–water partition coefficient (Wildman–Crippen LogP) is 0.610. The largest absolute Gasteiger partial charge is 0.465 e. The van der Waals surface area contributed by atoms with Crippen LogP contribution in [0.1, 0.15) is 34.5 Å². The van der Waals surface area contributed by atoms with Gasteiger partial charge in [-0.2, -0.15) is 0 Å². The minimum Gasteiger partial charge on any atom is -0.465 e. The number of piperidine rings is 1. The maximum atomic E-state index is 12.4. The molecule has 1 aliphatic heterocycles. The first-order chi connectivity index (χ1) is 12.0. The van der Waals surface area contributed by atoms with Gasteiger partial charge in [-0.3, -0.25) is 4.79 Å². The van der Waals surface area contributed by atoms with E-state index in [1.165, 1.54) is 12.0 Å². The number of carbonyl (C=O) groups is 2. The first-order valence-corrected chi connectivity index (χ1v) is 8.60. The molecule has 1 aliphatic rings. The molecular formula is C19H24N3O3+. The number of aromatic nitrogens is 1. The number of hydrogen-bond donors (Lipinski definition) is 2. The SMILES string of the molecule is COC(=O)c1c(C[NH+]2CCC[C@H](C(N)=O)C2)nc2ccccc2c1C. The summed E-state index contributed by atoms with van der Waals surface area (Å²) in [6, 6.07) is 7.79. The van der Waals surface area contributed by atoms with Gasteiger partial charge in [0.15, 0.2) is 0 Å². The first kappa shape index (κ1) is 17.4. The van der Waals surface area contributed by atoms with Crippen molar-refractivity contribution in [2.75, 3.05) is 20.2 Å². The van der Waals surface area contributed by atoms with Crippen LogP contribution in [0, 0.1) is 12.8 Å². The Bertz CT molecular complexity index is 819. The van der Waals surface area contributed by atoms with E-state index in [0.29, 0.717) is 18.7 Å². The summed E-state index contributed by atoms with van der Waals surface area (Å²) in [4.78, 5) is 29.8. The number of carbonyl (C=O) groups excluding carboxylic acids is 2. The van der Waals surface area contributed by atoms with Gasteiger partial charge in [0, 0.05) is 5.39 Å². The van der Waals surface area contributed by atoms with E-state index in [9.17, 15) is 9.59 Å². The first-order valence-electron chi connectivity index (χ1n) is 8.60. The molecule has 0 radical (unpaired) electrons. The molecule has 0 spiro atoms. The third-order valence-electron chi connectivity index (χ3n) is 5.05. The number of nitrogens with one attached hydrogen (secondary N) is 1. The molecule has 6 nitrogen and oxygen atoms in total. The Labute approximate surface area is 147 Å². The number of pyridine rings is 1. The van der Waals surface area contributed by atoms with Crippen molar-refractivity contribution in [2.45, 2.75) is 26.3 Å². The van der Waals surface area contributed by atoms with E-state index in [2.05, 4.69) is 0 Å². The number of fused-ring (bicyclic) bond motifs is 1. The number of quaternary nitrogens is 1. The number of nitrogens with two attached hydrogens (primary N) is 1. The van der Waals surface area contributed by atoms with E-state index >= 15 is 0 Å². The fourth-order valence-corrected chi connectivity index (χ4v) is 3.73. The van der Waals surface area contributed by atoms with Crippen LogP contribution < -0.4 is 10.6 Å². The predicted molar refractivity (Wildman–Crippen MR) is 94.1 cm³/mol. The number of benzene rings is 1. The third-order valence-corrected chi connectivity index (χ3v) is 5.05. The summed E-state index contributed by atoms with van der Waals surface area (Å²) in [5, 5.41) is 0.954. The number of nitrogens with zero attached hydrogens (tertiary/aromatic N) is 1. The Balaban J connectivity index is 1.99. The maximum Gasteiger partial charge on any atom is 0.340 e. The summed E-state index contributed by atoms with van der Waals surface area (Å²) in [6.45, 7) is 4.14. The molecule has 1 fully saturated rings. The van der Waals surface area contributed by atoms with Crippen LogP contribution in [0.4, 0.5) is 0 Å². The number of amides is 1. The van der Waals surface area contributed by atoms with Crippen molar-refractivity contribution in [3.05, 3.63) is 41.1 Å². The highest BCUT2D eigenvalue weighted by atomic mass is 16.5. The van der Waals surface area contributed by atoms with Crippen molar-refractivity contribution in [1.29, 1.82) is 0 Å². The normalized spacial score (nSPS) is 20.4. The number of hydrogen-bond acceptors (Lipinski definition) is 4. The Morgan fingerprint density at radius 3 is 2.84 bits per heavy atom. The van der Waals surface area contributed by atoms with Gasteiger partial charge in [0.1, 0.15) is 12.2 Å². The summed E-state index contributed by atoms with van der Waals surface area (Å²) >= 11 is 0. The molecular weight excluding hydrogens is 318 g/mol. The summed E-state index contributed by atoms with van der Waals surface area (Å²) < 4.78 is 4.99. The molecule has 1 unspecified atom stereocenters. The second-order valence-electron chi connectivity index (χ2n) is 6.69. The van der Waals surface area contributed by atoms with Crippen LogP contribution in [-0.4, -0.2) is 37.1 Å². The molecule has 3 N–H and O–H groups in total. The van der Waals surface area contributed by atoms with Gasteiger partial charge in [0.25, 0.3) is 0 Å². The Morgan fingerprint density at radius 2 is 2.12 bits per heavy atom.